The summed E-state index contributed by atoms with van der Waals surface area (Å²) >= 11 is 13.4. The second kappa shape index (κ2) is 6.77. The number of rotatable bonds is 3. The van der Waals surface area contributed by atoms with Crippen molar-refractivity contribution in [2.24, 2.45) is 0 Å². The molecule has 0 bridgehead atoms. The summed E-state index contributed by atoms with van der Waals surface area (Å²) in [6.07, 6.45) is 1.56. The molecule has 1 heterocycles. The van der Waals surface area contributed by atoms with Crippen molar-refractivity contribution in [1.82, 2.24) is 0 Å². The summed E-state index contributed by atoms with van der Waals surface area (Å²) in [6.45, 7) is 1.92. The Hall–Kier alpha value is -1.80. The van der Waals surface area contributed by atoms with Crippen molar-refractivity contribution < 1.29 is 4.79 Å². The standard InChI is InChI=1S/C15H10Cl2N2OS/c1-9-5-6-21-13(9)7-10(8-18)15(20)19-14-11(16)3-2-4-12(14)17/h2-7H,1H3,(H,19,20). The molecule has 1 amide bonds. The van der Waals surface area contributed by atoms with E-state index in [0.29, 0.717) is 15.7 Å². The highest BCUT2D eigenvalue weighted by atomic mass is 35.5. The van der Waals surface area contributed by atoms with Crippen molar-refractivity contribution in [3.8, 4) is 6.07 Å². The van der Waals surface area contributed by atoms with Crippen LogP contribution < -0.4 is 5.32 Å². The first-order valence-electron chi connectivity index (χ1n) is 5.94. The number of thiophene rings is 1. The van der Waals surface area contributed by atoms with E-state index in [4.69, 9.17) is 28.5 Å². The van der Waals surface area contributed by atoms with Crippen LogP contribution in [0.5, 0.6) is 0 Å². The minimum Gasteiger partial charge on any atom is -0.319 e. The molecule has 6 heteroatoms. The predicted molar refractivity (Wildman–Crippen MR) is 87.7 cm³/mol. The Bertz CT molecular complexity index is 739. The van der Waals surface area contributed by atoms with Crippen LogP contribution in [0, 0.1) is 18.3 Å². The maximum atomic E-state index is 12.2. The maximum Gasteiger partial charge on any atom is 0.266 e. The van der Waals surface area contributed by atoms with Gasteiger partial charge in [0.2, 0.25) is 0 Å². The minimum atomic E-state index is -0.541. The molecule has 2 rings (SSSR count). The monoisotopic (exact) mass is 336 g/mol. The smallest absolute Gasteiger partial charge is 0.266 e. The van der Waals surface area contributed by atoms with Crippen molar-refractivity contribution in [1.29, 1.82) is 5.26 Å². The normalized spacial score (nSPS) is 11.0. The number of anilines is 1. The Morgan fingerprint density at radius 1 is 1.33 bits per heavy atom. The summed E-state index contributed by atoms with van der Waals surface area (Å²) in [5, 5.41) is 14.3. The number of hydrogen-bond acceptors (Lipinski definition) is 3. The molecule has 2 aromatic rings. The van der Waals surface area contributed by atoms with Crippen LogP contribution in [0.15, 0.2) is 35.2 Å². The molecular formula is C15H10Cl2N2OS. The fourth-order valence-electron chi connectivity index (χ4n) is 1.61. The van der Waals surface area contributed by atoms with Gasteiger partial charge in [-0.05, 0) is 42.1 Å². The Balaban J connectivity index is 2.29. The van der Waals surface area contributed by atoms with E-state index in [-0.39, 0.29) is 5.57 Å². The van der Waals surface area contributed by atoms with E-state index >= 15 is 0 Å². The maximum absolute atomic E-state index is 12.2. The summed E-state index contributed by atoms with van der Waals surface area (Å²) in [5.74, 6) is -0.541. The van der Waals surface area contributed by atoms with Crippen molar-refractivity contribution >= 4 is 52.2 Å². The van der Waals surface area contributed by atoms with Crippen LogP contribution in [0.1, 0.15) is 10.4 Å². The molecular weight excluding hydrogens is 327 g/mol. The van der Waals surface area contributed by atoms with Gasteiger partial charge in [0.05, 0.1) is 15.7 Å². The molecule has 0 unspecified atom stereocenters. The van der Waals surface area contributed by atoms with Crippen molar-refractivity contribution in [2.45, 2.75) is 6.92 Å². The molecule has 0 atom stereocenters. The zero-order valence-electron chi connectivity index (χ0n) is 11.0. The second-order valence-electron chi connectivity index (χ2n) is 4.19. The number of hydrogen-bond donors (Lipinski definition) is 1. The lowest BCUT2D eigenvalue weighted by Crippen LogP contribution is -2.14. The number of amides is 1. The number of nitrogens with one attached hydrogen (secondary N) is 1. The van der Waals surface area contributed by atoms with Crippen LogP contribution in [0.3, 0.4) is 0 Å². The Labute approximate surface area is 136 Å². The lowest BCUT2D eigenvalue weighted by atomic mass is 10.2. The van der Waals surface area contributed by atoms with Crippen LogP contribution in [-0.4, -0.2) is 5.91 Å². The number of halogens is 2. The van der Waals surface area contributed by atoms with Crippen LogP contribution in [0.4, 0.5) is 5.69 Å². The third-order valence-corrected chi connectivity index (χ3v) is 4.34. The van der Waals surface area contributed by atoms with E-state index in [1.54, 1.807) is 24.3 Å². The van der Waals surface area contributed by atoms with Crippen LogP contribution in [0.2, 0.25) is 10.0 Å². The SMILES string of the molecule is Cc1ccsc1C=C(C#N)C(=O)Nc1c(Cl)cccc1Cl. The van der Waals surface area contributed by atoms with Gasteiger partial charge >= 0.3 is 0 Å². The molecule has 0 aliphatic carbocycles. The summed E-state index contributed by atoms with van der Waals surface area (Å²) in [4.78, 5) is 13.0. The van der Waals surface area contributed by atoms with E-state index in [1.807, 2.05) is 24.4 Å². The highest BCUT2D eigenvalue weighted by Crippen LogP contribution is 2.30. The molecule has 1 aromatic heterocycles. The van der Waals surface area contributed by atoms with Crippen LogP contribution >= 0.6 is 34.5 Å². The third kappa shape index (κ3) is 3.64. The van der Waals surface area contributed by atoms with Gasteiger partial charge in [0, 0.05) is 4.88 Å². The molecule has 0 spiro atoms. The molecule has 0 radical (unpaired) electrons. The van der Waals surface area contributed by atoms with E-state index in [1.165, 1.54) is 11.3 Å². The molecule has 3 nitrogen and oxygen atoms in total. The molecule has 106 valence electrons. The van der Waals surface area contributed by atoms with E-state index in [2.05, 4.69) is 5.32 Å². The molecule has 0 aliphatic heterocycles. The zero-order chi connectivity index (χ0) is 15.4. The third-order valence-electron chi connectivity index (χ3n) is 2.74. The van der Waals surface area contributed by atoms with Gasteiger partial charge in [-0.15, -0.1) is 11.3 Å². The van der Waals surface area contributed by atoms with Gasteiger partial charge in [-0.2, -0.15) is 5.26 Å². The first kappa shape index (κ1) is 15.6. The van der Waals surface area contributed by atoms with Gasteiger partial charge in [-0.3, -0.25) is 4.79 Å². The number of para-hydroxylation sites is 1. The Morgan fingerprint density at radius 3 is 2.52 bits per heavy atom. The van der Waals surface area contributed by atoms with Gasteiger partial charge in [-0.25, -0.2) is 0 Å². The summed E-state index contributed by atoms with van der Waals surface area (Å²) in [5.41, 5.74) is 1.31. The Morgan fingerprint density at radius 2 is 2.00 bits per heavy atom. The lowest BCUT2D eigenvalue weighted by Gasteiger charge is -2.08. The topological polar surface area (TPSA) is 52.9 Å². The van der Waals surface area contributed by atoms with Gasteiger partial charge in [0.1, 0.15) is 11.6 Å². The van der Waals surface area contributed by atoms with Crippen molar-refractivity contribution in [3.05, 3.63) is 55.7 Å². The quantitative estimate of drug-likeness (QED) is 0.639. The summed E-state index contributed by atoms with van der Waals surface area (Å²) in [6, 6.07) is 8.72. The zero-order valence-corrected chi connectivity index (χ0v) is 13.3. The Kier molecular flexibility index (Phi) is 5.03. The largest absolute Gasteiger partial charge is 0.319 e. The molecule has 1 aromatic carbocycles. The molecule has 21 heavy (non-hydrogen) atoms. The number of carbonyl (C=O) groups is 1. The molecule has 0 fully saturated rings. The van der Waals surface area contributed by atoms with Gasteiger partial charge < -0.3 is 5.32 Å². The van der Waals surface area contributed by atoms with E-state index in [9.17, 15) is 4.79 Å². The number of aryl methyl sites for hydroxylation is 1. The van der Waals surface area contributed by atoms with Crippen LogP contribution in [-0.2, 0) is 4.79 Å². The van der Waals surface area contributed by atoms with Gasteiger partial charge in [-0.1, -0.05) is 29.3 Å². The second-order valence-corrected chi connectivity index (χ2v) is 5.95. The van der Waals surface area contributed by atoms with Crippen molar-refractivity contribution in [3.63, 3.8) is 0 Å². The average molecular weight is 337 g/mol. The minimum absolute atomic E-state index is 0.00321. The van der Waals surface area contributed by atoms with Gasteiger partial charge in [0.25, 0.3) is 5.91 Å². The van der Waals surface area contributed by atoms with Crippen molar-refractivity contribution in [2.75, 3.05) is 5.32 Å². The first-order chi connectivity index (χ1) is 10.0. The summed E-state index contributed by atoms with van der Waals surface area (Å²) in [7, 11) is 0. The summed E-state index contributed by atoms with van der Waals surface area (Å²) < 4.78 is 0. The van der Waals surface area contributed by atoms with Crippen LogP contribution in [0.25, 0.3) is 6.08 Å². The number of carbonyl (C=O) groups excluding carboxylic acids is 1. The highest BCUT2D eigenvalue weighted by Gasteiger charge is 2.14. The predicted octanol–water partition coefficient (Wildman–Crippen LogP) is 4.91. The number of nitriles is 1. The van der Waals surface area contributed by atoms with E-state index < -0.39 is 5.91 Å². The lowest BCUT2D eigenvalue weighted by molar-refractivity contribution is -0.112. The first-order valence-corrected chi connectivity index (χ1v) is 7.57. The average Bonchev–Trinajstić information content (AvgIpc) is 2.85. The fraction of sp³-hybridized carbons (Fsp3) is 0.0667. The highest BCUT2D eigenvalue weighted by molar-refractivity contribution is 7.11. The molecule has 0 saturated heterocycles. The molecule has 0 saturated carbocycles. The fourth-order valence-corrected chi connectivity index (χ4v) is 2.96. The van der Waals surface area contributed by atoms with Gasteiger partial charge in [0.15, 0.2) is 0 Å². The van der Waals surface area contributed by atoms with E-state index in [0.717, 1.165) is 10.4 Å². The number of benzene rings is 1. The molecule has 1 N–H and O–H groups in total. The number of nitrogens with zero attached hydrogens (tertiary/aromatic N) is 1. The molecule has 0 aliphatic rings.